The number of Topliss-reactive ketones (excluding diaryl/α,β-unsaturated/α-hetero) is 1. The minimum Gasteiger partial charge on any atom is -0.369 e. The van der Waals surface area contributed by atoms with Crippen molar-refractivity contribution in [2.75, 3.05) is 31.1 Å². The number of para-hydroxylation sites is 1. The number of aromatic nitrogens is 1. The summed E-state index contributed by atoms with van der Waals surface area (Å²) in [6.45, 7) is 5.27. The number of carbonyl (C=O) groups is 1. The molecule has 0 spiro atoms. The van der Waals surface area contributed by atoms with Gasteiger partial charge < -0.3 is 9.88 Å². The molecule has 4 rings (SSSR count). The summed E-state index contributed by atoms with van der Waals surface area (Å²) in [4.78, 5) is 20.6. The zero-order valence-electron chi connectivity index (χ0n) is 14.8. The Labute approximate surface area is 152 Å². The number of nitrogens with zero attached hydrogens (tertiary/aromatic N) is 2. The molecular formula is C21H22FN3O. The fourth-order valence-electron chi connectivity index (χ4n) is 3.69. The van der Waals surface area contributed by atoms with Crippen LogP contribution in [0, 0.1) is 5.82 Å². The number of aromatic amines is 1. The number of fused-ring (bicyclic) bond motifs is 1. The van der Waals surface area contributed by atoms with E-state index < -0.39 is 0 Å². The van der Waals surface area contributed by atoms with Gasteiger partial charge >= 0.3 is 0 Å². The molecule has 0 aliphatic carbocycles. The number of benzene rings is 2. The first kappa shape index (κ1) is 16.8. The number of hydrogen-bond acceptors (Lipinski definition) is 3. The Morgan fingerprint density at radius 2 is 1.73 bits per heavy atom. The van der Waals surface area contributed by atoms with E-state index in [9.17, 15) is 9.18 Å². The van der Waals surface area contributed by atoms with Gasteiger partial charge in [-0.05, 0) is 37.3 Å². The third-order valence-corrected chi connectivity index (χ3v) is 5.29. The van der Waals surface area contributed by atoms with Crippen LogP contribution >= 0.6 is 0 Å². The largest absolute Gasteiger partial charge is 0.369 e. The highest BCUT2D eigenvalue weighted by atomic mass is 19.1. The van der Waals surface area contributed by atoms with Gasteiger partial charge in [0.05, 0.1) is 6.04 Å². The Bertz CT molecular complexity index is 910. The van der Waals surface area contributed by atoms with Gasteiger partial charge in [0.1, 0.15) is 5.82 Å². The molecule has 0 saturated carbocycles. The molecule has 1 N–H and O–H groups in total. The first-order valence-electron chi connectivity index (χ1n) is 8.98. The summed E-state index contributed by atoms with van der Waals surface area (Å²) in [5.74, 6) is -0.0667. The standard InChI is InChI=1S/C21H22FN3O/c1-15(21(26)19-14-23-20-5-3-2-4-18(19)20)24-10-12-25(13-11-24)17-8-6-16(22)7-9-17/h2-9,14-15,23H,10-13H2,1H3. The van der Waals surface area contributed by atoms with E-state index in [1.54, 1.807) is 0 Å². The van der Waals surface area contributed by atoms with Crippen molar-refractivity contribution in [1.82, 2.24) is 9.88 Å². The van der Waals surface area contributed by atoms with Gasteiger partial charge in [0.2, 0.25) is 0 Å². The molecule has 2 aromatic carbocycles. The second-order valence-corrected chi connectivity index (χ2v) is 6.79. The van der Waals surface area contributed by atoms with Crippen LogP contribution in [0.2, 0.25) is 0 Å². The average Bonchev–Trinajstić information content (AvgIpc) is 3.12. The number of nitrogens with one attached hydrogen (secondary N) is 1. The molecule has 0 amide bonds. The van der Waals surface area contributed by atoms with Gasteiger partial charge in [-0.3, -0.25) is 9.69 Å². The van der Waals surface area contributed by atoms with Gasteiger partial charge in [0.15, 0.2) is 5.78 Å². The predicted molar refractivity (Wildman–Crippen MR) is 102 cm³/mol. The Morgan fingerprint density at radius 3 is 2.46 bits per heavy atom. The first-order valence-corrected chi connectivity index (χ1v) is 8.98. The highest BCUT2D eigenvalue weighted by Crippen LogP contribution is 2.22. The quantitative estimate of drug-likeness (QED) is 0.729. The summed E-state index contributed by atoms with van der Waals surface area (Å²) in [6.07, 6.45) is 1.82. The molecule has 1 atom stereocenters. The summed E-state index contributed by atoms with van der Waals surface area (Å²) < 4.78 is 13.1. The molecule has 0 radical (unpaired) electrons. The minimum absolute atomic E-state index is 0.151. The number of anilines is 1. The fraction of sp³-hybridized carbons (Fsp3) is 0.286. The number of halogens is 1. The summed E-state index contributed by atoms with van der Waals surface area (Å²) >= 11 is 0. The lowest BCUT2D eigenvalue weighted by Crippen LogP contribution is -2.51. The normalized spacial score (nSPS) is 16.8. The number of carbonyl (C=O) groups excluding carboxylic acids is 1. The molecule has 0 bridgehead atoms. The van der Waals surface area contributed by atoms with Crippen LogP contribution < -0.4 is 4.90 Å². The molecule has 1 saturated heterocycles. The molecular weight excluding hydrogens is 329 g/mol. The average molecular weight is 351 g/mol. The van der Waals surface area contributed by atoms with Crippen molar-refractivity contribution in [3.05, 3.63) is 66.1 Å². The van der Waals surface area contributed by atoms with Crippen LogP contribution in [0.3, 0.4) is 0 Å². The van der Waals surface area contributed by atoms with Crippen molar-refractivity contribution in [3.63, 3.8) is 0 Å². The number of piperazine rings is 1. The molecule has 5 heteroatoms. The lowest BCUT2D eigenvalue weighted by molar-refractivity contribution is 0.0831. The van der Waals surface area contributed by atoms with Crippen molar-refractivity contribution < 1.29 is 9.18 Å². The van der Waals surface area contributed by atoms with E-state index in [4.69, 9.17) is 0 Å². The summed E-state index contributed by atoms with van der Waals surface area (Å²) in [6, 6.07) is 14.3. The first-order chi connectivity index (χ1) is 12.6. The van der Waals surface area contributed by atoms with Crippen LogP contribution in [0.1, 0.15) is 17.3 Å². The van der Waals surface area contributed by atoms with Crippen molar-refractivity contribution in [2.24, 2.45) is 0 Å². The zero-order valence-corrected chi connectivity index (χ0v) is 14.8. The second-order valence-electron chi connectivity index (χ2n) is 6.79. The molecule has 1 unspecified atom stereocenters. The highest BCUT2D eigenvalue weighted by molar-refractivity contribution is 6.10. The number of ketones is 1. The van der Waals surface area contributed by atoms with E-state index in [2.05, 4.69) is 14.8 Å². The monoisotopic (exact) mass is 351 g/mol. The van der Waals surface area contributed by atoms with E-state index in [0.717, 1.165) is 48.3 Å². The van der Waals surface area contributed by atoms with Gasteiger partial charge in [-0.25, -0.2) is 4.39 Å². The summed E-state index contributed by atoms with van der Waals surface area (Å²) in [7, 11) is 0. The number of H-pyrrole nitrogens is 1. The van der Waals surface area contributed by atoms with Gasteiger partial charge in [-0.15, -0.1) is 0 Å². The molecule has 1 fully saturated rings. The summed E-state index contributed by atoms with van der Waals surface area (Å²) in [5, 5.41) is 0.981. The van der Waals surface area contributed by atoms with E-state index in [-0.39, 0.29) is 17.6 Å². The highest BCUT2D eigenvalue weighted by Gasteiger charge is 2.27. The van der Waals surface area contributed by atoms with Crippen LogP contribution in [-0.2, 0) is 0 Å². The smallest absolute Gasteiger partial charge is 0.181 e. The third kappa shape index (κ3) is 3.10. The minimum atomic E-state index is -0.217. The topological polar surface area (TPSA) is 39.3 Å². The molecule has 2 heterocycles. The van der Waals surface area contributed by atoms with Crippen LogP contribution in [0.4, 0.5) is 10.1 Å². The van der Waals surface area contributed by atoms with Crippen LogP contribution in [0.15, 0.2) is 54.7 Å². The molecule has 26 heavy (non-hydrogen) atoms. The van der Waals surface area contributed by atoms with Gasteiger partial charge in [-0.1, -0.05) is 18.2 Å². The maximum atomic E-state index is 13.1. The fourth-order valence-corrected chi connectivity index (χ4v) is 3.69. The van der Waals surface area contributed by atoms with E-state index in [1.165, 1.54) is 12.1 Å². The van der Waals surface area contributed by atoms with Gasteiger partial charge in [0.25, 0.3) is 0 Å². The van der Waals surface area contributed by atoms with Crippen LogP contribution in [0.5, 0.6) is 0 Å². The molecule has 1 aliphatic heterocycles. The lowest BCUT2D eigenvalue weighted by Gasteiger charge is -2.38. The maximum absolute atomic E-state index is 13.1. The van der Waals surface area contributed by atoms with Crippen molar-refractivity contribution in [3.8, 4) is 0 Å². The molecule has 3 aromatic rings. The predicted octanol–water partition coefficient (Wildman–Crippen LogP) is 3.70. The van der Waals surface area contributed by atoms with E-state index >= 15 is 0 Å². The Morgan fingerprint density at radius 1 is 1.04 bits per heavy atom. The van der Waals surface area contributed by atoms with Crippen LogP contribution in [-0.4, -0.2) is 47.9 Å². The number of hydrogen-bond donors (Lipinski definition) is 1. The molecule has 4 nitrogen and oxygen atoms in total. The lowest BCUT2D eigenvalue weighted by atomic mass is 10.0. The molecule has 134 valence electrons. The summed E-state index contributed by atoms with van der Waals surface area (Å²) in [5.41, 5.74) is 2.78. The third-order valence-electron chi connectivity index (χ3n) is 5.29. The van der Waals surface area contributed by atoms with Crippen molar-refractivity contribution in [1.29, 1.82) is 0 Å². The van der Waals surface area contributed by atoms with Crippen molar-refractivity contribution in [2.45, 2.75) is 13.0 Å². The Balaban J connectivity index is 1.44. The molecule has 1 aromatic heterocycles. The SMILES string of the molecule is CC(C(=O)c1c[nH]c2ccccc12)N1CCN(c2ccc(F)cc2)CC1. The van der Waals surface area contributed by atoms with Gasteiger partial charge in [0, 0.05) is 54.5 Å². The van der Waals surface area contributed by atoms with Gasteiger partial charge in [-0.2, -0.15) is 0 Å². The van der Waals surface area contributed by atoms with Crippen molar-refractivity contribution >= 4 is 22.4 Å². The maximum Gasteiger partial charge on any atom is 0.181 e. The zero-order chi connectivity index (χ0) is 18.1. The Hall–Kier alpha value is -2.66. The second kappa shape index (κ2) is 6.92. The number of rotatable bonds is 4. The van der Waals surface area contributed by atoms with E-state index in [1.807, 2.05) is 49.5 Å². The van der Waals surface area contributed by atoms with Crippen LogP contribution in [0.25, 0.3) is 10.9 Å². The molecule has 1 aliphatic rings. The van der Waals surface area contributed by atoms with E-state index in [0.29, 0.717) is 0 Å². The Kier molecular flexibility index (Phi) is 4.47.